The van der Waals surface area contributed by atoms with Crippen molar-refractivity contribution < 1.29 is 9.53 Å². The zero-order valence-corrected chi connectivity index (χ0v) is 13.9. The minimum absolute atomic E-state index is 0.0359. The maximum Gasteiger partial charge on any atom is 0.315 e. The molecular weight excluding hydrogens is 288 g/mol. The van der Waals surface area contributed by atoms with Gasteiger partial charge in [0.2, 0.25) is 0 Å². The zero-order chi connectivity index (χ0) is 16.7. The number of hydrogen-bond donors (Lipinski definition) is 2. The number of hydrogen-bond acceptors (Lipinski definition) is 2. The highest BCUT2D eigenvalue weighted by Crippen LogP contribution is 2.14. The first kappa shape index (κ1) is 16.9. The molecule has 0 fully saturated rings. The van der Waals surface area contributed by atoms with E-state index in [1.54, 1.807) is 7.11 Å². The molecule has 4 heteroatoms. The number of aryl methyl sites for hydroxylation is 1. The highest BCUT2D eigenvalue weighted by Gasteiger charge is 2.09. The van der Waals surface area contributed by atoms with Crippen LogP contribution in [-0.4, -0.2) is 13.1 Å². The number of amides is 2. The van der Waals surface area contributed by atoms with Gasteiger partial charge in [0, 0.05) is 6.54 Å². The number of carbonyl (C=O) groups is 1. The largest absolute Gasteiger partial charge is 0.497 e. The van der Waals surface area contributed by atoms with Crippen LogP contribution in [0.15, 0.2) is 48.5 Å². The van der Waals surface area contributed by atoms with E-state index < -0.39 is 0 Å². The van der Waals surface area contributed by atoms with Crippen LogP contribution in [0.2, 0.25) is 0 Å². The average molecular weight is 312 g/mol. The summed E-state index contributed by atoms with van der Waals surface area (Å²) in [5, 5.41) is 5.82. The molecule has 0 bridgehead atoms. The van der Waals surface area contributed by atoms with Gasteiger partial charge in [0.25, 0.3) is 0 Å². The Morgan fingerprint density at radius 1 is 1.13 bits per heavy atom. The van der Waals surface area contributed by atoms with Crippen molar-refractivity contribution in [3.63, 3.8) is 0 Å². The minimum atomic E-state index is -0.181. The molecule has 0 aliphatic rings. The molecule has 0 aliphatic carbocycles. The van der Waals surface area contributed by atoms with Gasteiger partial charge in [-0.3, -0.25) is 0 Å². The van der Waals surface area contributed by atoms with Crippen molar-refractivity contribution in [2.45, 2.75) is 32.9 Å². The van der Waals surface area contributed by atoms with Gasteiger partial charge < -0.3 is 15.4 Å². The summed E-state index contributed by atoms with van der Waals surface area (Å²) in [5.74, 6) is 0.786. The van der Waals surface area contributed by atoms with Crippen LogP contribution in [0.4, 0.5) is 4.79 Å². The lowest BCUT2D eigenvalue weighted by molar-refractivity contribution is 0.237. The van der Waals surface area contributed by atoms with E-state index in [0.717, 1.165) is 23.3 Å². The highest BCUT2D eigenvalue weighted by molar-refractivity contribution is 5.74. The zero-order valence-electron chi connectivity index (χ0n) is 13.9. The second kappa shape index (κ2) is 8.22. The SMILES string of the molecule is CCc1ccc(C(C)NC(=O)NCc2cccc(OC)c2)cc1. The molecule has 0 saturated carbocycles. The van der Waals surface area contributed by atoms with Gasteiger partial charge >= 0.3 is 6.03 Å². The summed E-state index contributed by atoms with van der Waals surface area (Å²) in [7, 11) is 1.63. The second-order valence-corrected chi connectivity index (χ2v) is 5.50. The summed E-state index contributed by atoms with van der Waals surface area (Å²) in [6, 6.07) is 15.8. The monoisotopic (exact) mass is 312 g/mol. The Morgan fingerprint density at radius 3 is 2.52 bits per heavy atom. The third-order valence-electron chi connectivity index (χ3n) is 3.82. The molecule has 0 spiro atoms. The van der Waals surface area contributed by atoms with Gasteiger partial charge in [-0.1, -0.05) is 43.3 Å². The Labute approximate surface area is 137 Å². The van der Waals surface area contributed by atoms with Gasteiger partial charge in [-0.15, -0.1) is 0 Å². The van der Waals surface area contributed by atoms with E-state index in [1.165, 1.54) is 5.56 Å². The standard InChI is InChI=1S/C19H24N2O2/c1-4-15-8-10-17(11-9-15)14(2)21-19(22)20-13-16-6-5-7-18(12-16)23-3/h5-12,14H,4,13H2,1-3H3,(H2,20,21,22). The third-order valence-corrected chi connectivity index (χ3v) is 3.82. The molecule has 1 unspecified atom stereocenters. The summed E-state index contributed by atoms with van der Waals surface area (Å²) in [6.45, 7) is 4.57. The second-order valence-electron chi connectivity index (χ2n) is 5.50. The van der Waals surface area contributed by atoms with Crippen molar-refractivity contribution >= 4 is 6.03 Å². The van der Waals surface area contributed by atoms with Crippen molar-refractivity contribution in [1.29, 1.82) is 0 Å². The predicted octanol–water partition coefficient (Wildman–Crippen LogP) is 3.82. The quantitative estimate of drug-likeness (QED) is 0.852. The van der Waals surface area contributed by atoms with Crippen LogP contribution in [0.1, 0.15) is 36.6 Å². The van der Waals surface area contributed by atoms with Gasteiger partial charge in [-0.2, -0.15) is 0 Å². The molecule has 0 aromatic heterocycles. The average Bonchev–Trinajstić information content (AvgIpc) is 2.60. The Balaban J connectivity index is 1.85. The van der Waals surface area contributed by atoms with Crippen LogP contribution in [-0.2, 0) is 13.0 Å². The van der Waals surface area contributed by atoms with Crippen LogP contribution in [0.5, 0.6) is 5.75 Å². The molecule has 1 atom stereocenters. The fourth-order valence-electron chi connectivity index (χ4n) is 2.34. The molecule has 2 aromatic carbocycles. The molecule has 0 saturated heterocycles. The molecule has 122 valence electrons. The first-order valence-electron chi connectivity index (χ1n) is 7.88. The lowest BCUT2D eigenvalue weighted by atomic mass is 10.1. The summed E-state index contributed by atoms with van der Waals surface area (Å²) in [4.78, 5) is 12.0. The van der Waals surface area contributed by atoms with E-state index in [2.05, 4.69) is 41.8 Å². The van der Waals surface area contributed by atoms with E-state index >= 15 is 0 Å². The van der Waals surface area contributed by atoms with E-state index in [0.29, 0.717) is 6.54 Å². The summed E-state index contributed by atoms with van der Waals surface area (Å²) in [6.07, 6.45) is 1.02. The number of methoxy groups -OCH3 is 1. The van der Waals surface area contributed by atoms with Gasteiger partial charge in [-0.05, 0) is 42.2 Å². The fourth-order valence-corrected chi connectivity index (χ4v) is 2.34. The molecule has 2 rings (SSSR count). The first-order valence-corrected chi connectivity index (χ1v) is 7.88. The first-order chi connectivity index (χ1) is 11.1. The summed E-state index contributed by atoms with van der Waals surface area (Å²) < 4.78 is 5.17. The van der Waals surface area contributed by atoms with E-state index in [-0.39, 0.29) is 12.1 Å². The van der Waals surface area contributed by atoms with Crippen molar-refractivity contribution in [1.82, 2.24) is 10.6 Å². The molecule has 0 radical (unpaired) electrons. The van der Waals surface area contributed by atoms with Crippen molar-refractivity contribution in [2.24, 2.45) is 0 Å². The number of nitrogens with one attached hydrogen (secondary N) is 2. The Kier molecular flexibility index (Phi) is 6.03. The minimum Gasteiger partial charge on any atom is -0.497 e. The number of urea groups is 1. The topological polar surface area (TPSA) is 50.4 Å². The molecule has 2 aromatic rings. The van der Waals surface area contributed by atoms with Crippen molar-refractivity contribution in [3.8, 4) is 5.75 Å². The van der Waals surface area contributed by atoms with Crippen LogP contribution in [0, 0.1) is 0 Å². The number of carbonyl (C=O) groups excluding carboxylic acids is 1. The van der Waals surface area contributed by atoms with Crippen LogP contribution >= 0.6 is 0 Å². The van der Waals surface area contributed by atoms with Crippen molar-refractivity contribution in [2.75, 3.05) is 7.11 Å². The molecule has 0 heterocycles. The van der Waals surface area contributed by atoms with E-state index in [1.807, 2.05) is 31.2 Å². The molecular formula is C19H24N2O2. The number of ether oxygens (including phenoxy) is 1. The van der Waals surface area contributed by atoms with Crippen LogP contribution in [0.25, 0.3) is 0 Å². The summed E-state index contributed by atoms with van der Waals surface area (Å²) in [5.41, 5.74) is 3.39. The lowest BCUT2D eigenvalue weighted by Gasteiger charge is -2.15. The smallest absolute Gasteiger partial charge is 0.315 e. The summed E-state index contributed by atoms with van der Waals surface area (Å²) >= 11 is 0. The molecule has 2 amide bonds. The molecule has 4 nitrogen and oxygen atoms in total. The van der Waals surface area contributed by atoms with Gasteiger partial charge in [0.1, 0.15) is 5.75 Å². The van der Waals surface area contributed by atoms with E-state index in [9.17, 15) is 4.79 Å². The van der Waals surface area contributed by atoms with Gasteiger partial charge in [0.15, 0.2) is 0 Å². The van der Waals surface area contributed by atoms with Gasteiger partial charge in [0.05, 0.1) is 13.2 Å². The third kappa shape index (κ3) is 5.02. The Hall–Kier alpha value is -2.49. The highest BCUT2D eigenvalue weighted by atomic mass is 16.5. The molecule has 0 aliphatic heterocycles. The Morgan fingerprint density at radius 2 is 1.87 bits per heavy atom. The maximum atomic E-state index is 12.0. The number of rotatable bonds is 6. The maximum absolute atomic E-state index is 12.0. The van der Waals surface area contributed by atoms with Crippen LogP contribution in [0.3, 0.4) is 0 Å². The fraction of sp³-hybridized carbons (Fsp3) is 0.316. The van der Waals surface area contributed by atoms with Crippen molar-refractivity contribution in [3.05, 3.63) is 65.2 Å². The molecule has 2 N–H and O–H groups in total. The lowest BCUT2D eigenvalue weighted by Crippen LogP contribution is -2.36. The normalized spacial score (nSPS) is 11.6. The van der Waals surface area contributed by atoms with Gasteiger partial charge in [-0.25, -0.2) is 4.79 Å². The Bertz CT molecular complexity index is 638. The van der Waals surface area contributed by atoms with E-state index in [4.69, 9.17) is 4.74 Å². The van der Waals surface area contributed by atoms with Crippen LogP contribution < -0.4 is 15.4 Å². The predicted molar refractivity (Wildman–Crippen MR) is 92.6 cm³/mol. The molecule has 23 heavy (non-hydrogen) atoms. The number of benzene rings is 2.